The number of halogens is 2. The molecule has 1 fully saturated rings. The average Bonchev–Trinajstić information content (AvgIpc) is 2.50. The van der Waals surface area contributed by atoms with E-state index in [4.69, 9.17) is 0 Å². The van der Waals surface area contributed by atoms with Crippen LogP contribution in [0.4, 0.5) is 8.78 Å². The van der Waals surface area contributed by atoms with E-state index >= 15 is 0 Å². The molecule has 0 bridgehead atoms. The maximum atomic E-state index is 13.8. The molecule has 1 aliphatic rings. The fraction of sp³-hybridized carbons (Fsp3) is 0.667. The van der Waals surface area contributed by atoms with Gasteiger partial charge in [0.25, 0.3) is 0 Å². The van der Waals surface area contributed by atoms with Crippen LogP contribution in [0.1, 0.15) is 57.4 Å². The van der Waals surface area contributed by atoms with Crippen molar-refractivity contribution < 1.29 is 13.9 Å². The second kappa shape index (κ2) is 7.35. The molecule has 0 saturated heterocycles. The van der Waals surface area contributed by atoms with Crippen molar-refractivity contribution in [1.29, 1.82) is 0 Å². The minimum Gasteiger partial charge on any atom is -0.396 e. The van der Waals surface area contributed by atoms with Gasteiger partial charge in [-0.3, -0.25) is 0 Å². The Morgan fingerprint density at radius 1 is 1.24 bits per heavy atom. The topological polar surface area (TPSA) is 20.2 Å². The van der Waals surface area contributed by atoms with Crippen molar-refractivity contribution >= 4 is 0 Å². The minimum atomic E-state index is -0.406. The predicted octanol–water partition coefficient (Wildman–Crippen LogP) is 4.87. The summed E-state index contributed by atoms with van der Waals surface area (Å²) in [5, 5.41) is 9.81. The van der Waals surface area contributed by atoms with Crippen molar-refractivity contribution in [3.8, 4) is 0 Å². The minimum absolute atomic E-state index is 0.0590. The molecule has 0 aromatic heterocycles. The number of benzene rings is 1. The van der Waals surface area contributed by atoms with Gasteiger partial charge in [0.15, 0.2) is 0 Å². The van der Waals surface area contributed by atoms with Crippen LogP contribution in [0, 0.1) is 23.0 Å². The van der Waals surface area contributed by atoms with E-state index in [1.807, 2.05) is 0 Å². The molecule has 0 amide bonds. The Kier molecular flexibility index (Phi) is 5.74. The molecule has 0 aliphatic heterocycles. The lowest BCUT2D eigenvalue weighted by molar-refractivity contribution is 0.0613. The normalized spacial score (nSPS) is 26.0. The molecule has 1 nitrogen and oxygen atoms in total. The largest absolute Gasteiger partial charge is 0.396 e. The van der Waals surface area contributed by atoms with Crippen LogP contribution in [-0.2, 0) is 6.42 Å². The van der Waals surface area contributed by atoms with Crippen LogP contribution in [0.25, 0.3) is 0 Å². The zero-order valence-electron chi connectivity index (χ0n) is 12.9. The summed E-state index contributed by atoms with van der Waals surface area (Å²) < 4.78 is 27.1. The van der Waals surface area contributed by atoms with Gasteiger partial charge in [-0.25, -0.2) is 8.78 Å². The molecular formula is C18H26F2O. The number of hydrogen-bond acceptors (Lipinski definition) is 1. The molecule has 118 valence electrons. The van der Waals surface area contributed by atoms with Crippen LogP contribution in [0.5, 0.6) is 0 Å². The third-order valence-corrected chi connectivity index (χ3v) is 5.04. The Balaban J connectivity index is 2.01. The van der Waals surface area contributed by atoms with Crippen molar-refractivity contribution in [1.82, 2.24) is 0 Å². The molecule has 1 aliphatic carbocycles. The second-order valence-corrected chi connectivity index (χ2v) is 6.66. The molecular weight excluding hydrogens is 270 g/mol. The van der Waals surface area contributed by atoms with E-state index in [2.05, 4.69) is 6.92 Å². The van der Waals surface area contributed by atoms with Crippen LogP contribution in [0.15, 0.2) is 18.2 Å². The zero-order valence-corrected chi connectivity index (χ0v) is 12.9. The molecule has 1 saturated carbocycles. The third kappa shape index (κ3) is 4.26. The summed E-state index contributed by atoms with van der Waals surface area (Å²) in [4.78, 5) is 0. The molecule has 0 atom stereocenters. The van der Waals surface area contributed by atoms with Gasteiger partial charge in [0.1, 0.15) is 11.6 Å². The number of unbranched alkanes of at least 4 members (excludes halogenated alkanes) is 1. The lowest BCUT2D eigenvalue weighted by atomic mass is 9.67. The quantitative estimate of drug-likeness (QED) is 0.794. The van der Waals surface area contributed by atoms with Gasteiger partial charge in [-0.2, -0.15) is 0 Å². The summed E-state index contributed by atoms with van der Waals surface area (Å²) >= 11 is 0. The number of aliphatic hydroxyl groups excluding tert-OH is 1. The Bertz CT molecular complexity index is 451. The van der Waals surface area contributed by atoms with Crippen LogP contribution >= 0.6 is 0 Å². The summed E-state index contributed by atoms with van der Waals surface area (Å²) in [6, 6.07) is 3.60. The maximum absolute atomic E-state index is 13.8. The summed E-state index contributed by atoms with van der Waals surface area (Å²) in [6.45, 7) is 2.26. The Morgan fingerprint density at radius 3 is 2.57 bits per heavy atom. The number of rotatable bonds is 6. The third-order valence-electron chi connectivity index (χ3n) is 5.04. The molecule has 1 N–H and O–H groups in total. The van der Waals surface area contributed by atoms with Crippen molar-refractivity contribution in [3.63, 3.8) is 0 Å². The first kappa shape index (κ1) is 16.4. The molecule has 21 heavy (non-hydrogen) atoms. The highest BCUT2D eigenvalue weighted by Gasteiger charge is 2.35. The van der Waals surface area contributed by atoms with Crippen LogP contribution < -0.4 is 0 Å². The summed E-state index contributed by atoms with van der Waals surface area (Å²) in [5.74, 6) is -0.0320. The van der Waals surface area contributed by atoms with E-state index in [9.17, 15) is 13.9 Å². The average molecular weight is 296 g/mol. The van der Waals surface area contributed by atoms with Gasteiger partial charge in [-0.1, -0.05) is 26.2 Å². The van der Waals surface area contributed by atoms with Crippen molar-refractivity contribution in [2.24, 2.45) is 11.3 Å². The molecule has 0 radical (unpaired) electrons. The van der Waals surface area contributed by atoms with Gasteiger partial charge in [0, 0.05) is 6.61 Å². The standard InChI is InChI=1S/C18H26F2O/c1-2-3-4-14-7-9-18(13-21,10-8-14)12-15-11-16(19)5-6-17(15)20/h5-6,11,14,21H,2-4,7-10,12-13H2,1H3. The number of aliphatic hydroxyl groups is 1. The van der Waals surface area contributed by atoms with E-state index in [0.29, 0.717) is 12.0 Å². The van der Waals surface area contributed by atoms with Crippen LogP contribution in [0.2, 0.25) is 0 Å². The van der Waals surface area contributed by atoms with Gasteiger partial charge < -0.3 is 5.11 Å². The van der Waals surface area contributed by atoms with Crippen molar-refractivity contribution in [3.05, 3.63) is 35.4 Å². The second-order valence-electron chi connectivity index (χ2n) is 6.66. The first-order valence-electron chi connectivity index (χ1n) is 8.13. The zero-order chi connectivity index (χ0) is 15.3. The Morgan fingerprint density at radius 2 is 1.95 bits per heavy atom. The van der Waals surface area contributed by atoms with Gasteiger partial charge in [-0.05, 0) is 67.2 Å². The van der Waals surface area contributed by atoms with Gasteiger partial charge in [0.2, 0.25) is 0 Å². The van der Waals surface area contributed by atoms with E-state index in [1.54, 1.807) is 0 Å². The predicted molar refractivity (Wildman–Crippen MR) is 81.1 cm³/mol. The van der Waals surface area contributed by atoms with Crippen molar-refractivity contribution in [2.75, 3.05) is 6.61 Å². The van der Waals surface area contributed by atoms with E-state index in [0.717, 1.165) is 37.7 Å². The highest BCUT2D eigenvalue weighted by Crippen LogP contribution is 2.43. The summed E-state index contributed by atoms with van der Waals surface area (Å²) in [7, 11) is 0. The van der Waals surface area contributed by atoms with E-state index < -0.39 is 5.82 Å². The molecule has 2 rings (SSSR count). The molecule has 1 aromatic rings. The molecule has 0 unspecified atom stereocenters. The fourth-order valence-electron chi connectivity index (χ4n) is 3.55. The molecule has 3 heteroatoms. The van der Waals surface area contributed by atoms with Crippen LogP contribution in [-0.4, -0.2) is 11.7 Å². The molecule has 1 aromatic carbocycles. The van der Waals surface area contributed by atoms with Gasteiger partial charge in [0.05, 0.1) is 0 Å². The Hall–Kier alpha value is -0.960. The highest BCUT2D eigenvalue weighted by molar-refractivity contribution is 5.20. The summed E-state index contributed by atoms with van der Waals surface area (Å²) in [5.41, 5.74) is 0.133. The van der Waals surface area contributed by atoms with E-state index in [1.165, 1.54) is 31.4 Å². The monoisotopic (exact) mass is 296 g/mol. The Labute approximate surface area is 126 Å². The van der Waals surface area contributed by atoms with Crippen LogP contribution in [0.3, 0.4) is 0 Å². The van der Waals surface area contributed by atoms with E-state index in [-0.39, 0.29) is 17.8 Å². The highest BCUT2D eigenvalue weighted by atomic mass is 19.1. The lowest BCUT2D eigenvalue weighted by Gasteiger charge is -2.39. The van der Waals surface area contributed by atoms with Gasteiger partial charge >= 0.3 is 0 Å². The van der Waals surface area contributed by atoms with Gasteiger partial charge in [-0.15, -0.1) is 0 Å². The first-order chi connectivity index (χ1) is 10.1. The summed E-state index contributed by atoms with van der Waals surface area (Å²) in [6.07, 6.45) is 8.18. The maximum Gasteiger partial charge on any atom is 0.126 e. The number of hydrogen-bond donors (Lipinski definition) is 1. The first-order valence-corrected chi connectivity index (χ1v) is 8.13. The lowest BCUT2D eigenvalue weighted by Crippen LogP contribution is -2.33. The van der Waals surface area contributed by atoms with Crippen molar-refractivity contribution in [2.45, 2.75) is 58.3 Å². The molecule has 0 spiro atoms. The smallest absolute Gasteiger partial charge is 0.126 e. The molecule has 0 heterocycles. The fourth-order valence-corrected chi connectivity index (χ4v) is 3.55. The SMILES string of the molecule is CCCCC1CCC(CO)(Cc2cc(F)ccc2F)CC1.